The molecule has 0 spiro atoms. The van der Waals surface area contributed by atoms with E-state index < -0.39 is 155 Å². The fourth-order valence-electron chi connectivity index (χ4n) is 4.89. The summed E-state index contributed by atoms with van der Waals surface area (Å²) in [6.07, 6.45) is -27.7. The Bertz CT molecular complexity index is 761. The molecule has 0 rings (SSSR count). The van der Waals surface area contributed by atoms with Crippen LogP contribution in [-0.2, 0) is 0 Å². The van der Waals surface area contributed by atoms with Crippen molar-refractivity contribution >= 4 is 17.3 Å². The standard InChI is InChI=1S/C25H52N2O20S/c28-1-9(17(40)21(44)13(36)5-32)26(10(2-29)18(41)22(45)14(37)6-33)25(48)27(11(3-30)19(42)23(46)15(38)7-34)12(4-31)20(43)24(47)16(39)8-35/h9-24,28-47H,1-8H2. The summed E-state index contributed by atoms with van der Waals surface area (Å²) in [5.41, 5.74) is 0. The van der Waals surface area contributed by atoms with Crippen LogP contribution in [0.2, 0.25) is 0 Å². The molecule has 20 N–H and O–H groups in total. The highest BCUT2D eigenvalue weighted by Crippen LogP contribution is 2.27. The van der Waals surface area contributed by atoms with Crippen molar-refractivity contribution in [3.05, 3.63) is 0 Å². The summed E-state index contributed by atoms with van der Waals surface area (Å²) in [6.45, 7) is -10.2. The fraction of sp³-hybridized carbons (Fsp3) is 0.960. The van der Waals surface area contributed by atoms with E-state index in [0.717, 1.165) is 0 Å². The lowest BCUT2D eigenvalue weighted by Crippen LogP contribution is -2.71. The lowest BCUT2D eigenvalue weighted by molar-refractivity contribution is -0.145. The Labute approximate surface area is 279 Å². The summed E-state index contributed by atoms with van der Waals surface area (Å²) in [5.74, 6) is 0. The van der Waals surface area contributed by atoms with Crippen molar-refractivity contribution in [1.82, 2.24) is 9.80 Å². The SMILES string of the molecule is OCC(O)C(O)C(O)C(CO)N(C(=S)N(C(CO)C(O)C(O)C(O)CO)C(CO)C(O)C(O)C(O)CO)C(CO)C(O)C(O)C(O)CO. The van der Waals surface area contributed by atoms with E-state index in [1.807, 2.05) is 0 Å². The number of thiocarbonyl (C=S) groups is 1. The third-order valence-electron chi connectivity index (χ3n) is 7.92. The van der Waals surface area contributed by atoms with Gasteiger partial charge in [-0.15, -0.1) is 0 Å². The number of nitrogens with zero attached hydrogens (tertiary/aromatic N) is 2. The van der Waals surface area contributed by atoms with Gasteiger partial charge in [0, 0.05) is 0 Å². The molecule has 0 radical (unpaired) electrons. The van der Waals surface area contributed by atoms with Gasteiger partial charge in [-0.25, -0.2) is 0 Å². The maximum Gasteiger partial charge on any atom is 0.173 e. The van der Waals surface area contributed by atoms with Gasteiger partial charge in [0.25, 0.3) is 0 Å². The lowest BCUT2D eigenvalue weighted by Gasteiger charge is -2.51. The topological polar surface area (TPSA) is 411 Å². The van der Waals surface area contributed by atoms with E-state index in [0.29, 0.717) is 9.80 Å². The Hall–Kier alpha value is -1.11. The van der Waals surface area contributed by atoms with Gasteiger partial charge in [-0.05, 0) is 12.2 Å². The molecule has 0 amide bonds. The molecule has 0 aromatic rings. The number of hydrogen-bond acceptors (Lipinski definition) is 21. The van der Waals surface area contributed by atoms with Crippen LogP contribution in [0.15, 0.2) is 0 Å². The summed E-state index contributed by atoms with van der Waals surface area (Å²) in [4.78, 5) is 0.750. The van der Waals surface area contributed by atoms with Crippen molar-refractivity contribution in [3.8, 4) is 0 Å². The zero-order valence-corrected chi connectivity index (χ0v) is 26.5. The molecule has 0 aliphatic carbocycles. The largest absolute Gasteiger partial charge is 0.394 e. The van der Waals surface area contributed by atoms with Crippen LogP contribution in [0.25, 0.3) is 0 Å². The van der Waals surface area contributed by atoms with Gasteiger partial charge in [0.05, 0.1) is 77.0 Å². The molecule has 22 nitrogen and oxygen atoms in total. The minimum Gasteiger partial charge on any atom is -0.394 e. The van der Waals surface area contributed by atoms with Crippen LogP contribution in [0.1, 0.15) is 0 Å². The van der Waals surface area contributed by atoms with Crippen LogP contribution in [-0.4, -0.2) is 267 Å². The molecule has 16 unspecified atom stereocenters. The number of rotatable bonds is 24. The Morgan fingerprint density at radius 3 is 0.604 bits per heavy atom. The molecule has 48 heavy (non-hydrogen) atoms. The first-order valence-corrected chi connectivity index (χ1v) is 15.0. The summed E-state index contributed by atoms with van der Waals surface area (Å²) >= 11 is 5.46. The first-order valence-electron chi connectivity index (χ1n) is 14.6. The van der Waals surface area contributed by atoms with Crippen molar-refractivity contribution in [3.63, 3.8) is 0 Å². The Balaban J connectivity index is 7.82. The molecule has 288 valence electrons. The average Bonchev–Trinajstić information content (AvgIpc) is 3.10. The fourth-order valence-corrected chi connectivity index (χ4v) is 5.43. The predicted molar refractivity (Wildman–Crippen MR) is 160 cm³/mol. The van der Waals surface area contributed by atoms with E-state index in [1.165, 1.54) is 0 Å². The van der Waals surface area contributed by atoms with Gasteiger partial charge in [0.2, 0.25) is 0 Å². The Morgan fingerprint density at radius 1 is 0.312 bits per heavy atom. The molecule has 16 atom stereocenters. The highest BCUT2D eigenvalue weighted by atomic mass is 32.1. The molecule has 0 fully saturated rings. The zero-order chi connectivity index (χ0) is 37.6. The molecule has 0 aliphatic heterocycles. The highest BCUT2D eigenvalue weighted by molar-refractivity contribution is 7.80. The third-order valence-corrected chi connectivity index (χ3v) is 8.34. The van der Waals surface area contributed by atoms with Gasteiger partial charge in [0.1, 0.15) is 73.2 Å². The minimum atomic E-state index is -2.45. The molecular formula is C25H52N2O20S. The Morgan fingerprint density at radius 2 is 0.479 bits per heavy atom. The number of aliphatic hydroxyl groups is 20. The van der Waals surface area contributed by atoms with Crippen molar-refractivity contribution in [2.45, 2.75) is 97.4 Å². The maximum atomic E-state index is 11.0. The van der Waals surface area contributed by atoms with Crippen molar-refractivity contribution < 1.29 is 102 Å². The minimum absolute atomic E-state index is 0.375. The Kier molecular flexibility index (Phi) is 22.1. The van der Waals surface area contributed by atoms with E-state index in [-0.39, 0.29) is 0 Å². The predicted octanol–water partition coefficient (Wildman–Crippen LogP) is -12.4. The van der Waals surface area contributed by atoms with Gasteiger partial charge in [-0.3, -0.25) is 0 Å². The van der Waals surface area contributed by atoms with E-state index in [4.69, 9.17) is 12.2 Å². The quantitative estimate of drug-likeness (QED) is 0.0409. The van der Waals surface area contributed by atoms with Crippen molar-refractivity contribution in [2.75, 3.05) is 52.9 Å². The van der Waals surface area contributed by atoms with E-state index in [2.05, 4.69) is 0 Å². The van der Waals surface area contributed by atoms with Crippen LogP contribution in [0.4, 0.5) is 0 Å². The van der Waals surface area contributed by atoms with Crippen molar-refractivity contribution in [1.29, 1.82) is 0 Å². The molecule has 0 aromatic carbocycles. The van der Waals surface area contributed by atoms with Gasteiger partial charge >= 0.3 is 0 Å². The molecule has 0 saturated carbocycles. The van der Waals surface area contributed by atoms with Gasteiger partial charge < -0.3 is 112 Å². The van der Waals surface area contributed by atoms with Crippen LogP contribution in [0, 0.1) is 0 Å². The van der Waals surface area contributed by atoms with Crippen LogP contribution >= 0.6 is 12.2 Å². The lowest BCUT2D eigenvalue weighted by atomic mass is 9.93. The molecule has 0 saturated heterocycles. The second kappa shape index (κ2) is 22.7. The molecular weight excluding hydrogens is 680 g/mol. The monoisotopic (exact) mass is 732 g/mol. The van der Waals surface area contributed by atoms with Crippen LogP contribution in [0.5, 0.6) is 0 Å². The van der Waals surface area contributed by atoms with Crippen LogP contribution < -0.4 is 0 Å². The summed E-state index contributed by atoms with van der Waals surface area (Å²) in [6, 6.07) is -8.74. The second-order valence-electron chi connectivity index (χ2n) is 11.0. The first-order chi connectivity index (χ1) is 22.4. The molecule has 23 heteroatoms. The smallest absolute Gasteiger partial charge is 0.173 e. The van der Waals surface area contributed by atoms with Gasteiger partial charge in [-0.2, -0.15) is 0 Å². The zero-order valence-electron chi connectivity index (χ0n) is 25.6. The molecule has 0 aromatic heterocycles. The van der Waals surface area contributed by atoms with Gasteiger partial charge in [0.15, 0.2) is 5.11 Å². The average molecular weight is 733 g/mol. The van der Waals surface area contributed by atoms with Gasteiger partial charge in [-0.1, -0.05) is 0 Å². The number of aliphatic hydroxyl groups excluding tert-OH is 20. The molecule has 0 heterocycles. The van der Waals surface area contributed by atoms with Crippen molar-refractivity contribution in [2.24, 2.45) is 0 Å². The second-order valence-corrected chi connectivity index (χ2v) is 11.4. The van der Waals surface area contributed by atoms with Crippen LogP contribution in [0.3, 0.4) is 0 Å². The normalized spacial score (nSPS) is 22.4. The molecule has 0 bridgehead atoms. The van der Waals surface area contributed by atoms with E-state index in [9.17, 15) is 102 Å². The summed E-state index contributed by atoms with van der Waals surface area (Å²) in [7, 11) is 0. The first kappa shape index (κ1) is 46.9. The number of hydrogen-bond donors (Lipinski definition) is 20. The maximum absolute atomic E-state index is 11.0. The third kappa shape index (κ3) is 11.5. The summed E-state index contributed by atoms with van der Waals surface area (Å²) in [5, 5.41) is 203. The highest BCUT2D eigenvalue weighted by Gasteiger charge is 2.49. The van der Waals surface area contributed by atoms with E-state index in [1.54, 1.807) is 0 Å². The van der Waals surface area contributed by atoms with E-state index >= 15 is 0 Å². The summed E-state index contributed by atoms with van der Waals surface area (Å²) < 4.78 is 0. The molecule has 0 aliphatic rings.